The Labute approximate surface area is 104 Å². The van der Waals surface area contributed by atoms with Crippen LogP contribution in [0.1, 0.15) is 13.8 Å². The Morgan fingerprint density at radius 1 is 1.39 bits per heavy atom. The molecule has 0 bridgehead atoms. The van der Waals surface area contributed by atoms with Crippen LogP contribution in [0.3, 0.4) is 0 Å². The van der Waals surface area contributed by atoms with Gasteiger partial charge in [-0.2, -0.15) is 0 Å². The van der Waals surface area contributed by atoms with E-state index in [0.29, 0.717) is 6.61 Å². The van der Waals surface area contributed by atoms with Crippen molar-refractivity contribution in [1.29, 1.82) is 0 Å². The van der Waals surface area contributed by atoms with Crippen molar-refractivity contribution < 1.29 is 29.3 Å². The monoisotopic (exact) mass is 254 g/mol. The molecule has 0 saturated heterocycles. The van der Waals surface area contributed by atoms with Crippen molar-refractivity contribution in [3.05, 3.63) is 22.8 Å². The first-order chi connectivity index (χ1) is 8.40. The molecule has 18 heavy (non-hydrogen) atoms. The molecular formula is C12H14O6. The molecule has 0 spiro atoms. The topological polar surface area (TPSA) is 101 Å². The molecule has 0 aromatic carbocycles. The maximum atomic E-state index is 11.8. The third-order valence-corrected chi connectivity index (χ3v) is 2.65. The van der Waals surface area contributed by atoms with E-state index in [1.54, 1.807) is 6.92 Å². The van der Waals surface area contributed by atoms with E-state index in [1.807, 2.05) is 0 Å². The highest BCUT2D eigenvalue weighted by Gasteiger charge is 2.37. The Bertz CT molecular complexity index is 457. The minimum Gasteiger partial charge on any atom is -0.480 e. The molecule has 1 rings (SSSR count). The van der Waals surface area contributed by atoms with Crippen molar-refractivity contribution in [2.75, 3.05) is 13.2 Å². The summed E-state index contributed by atoms with van der Waals surface area (Å²) in [7, 11) is 0. The largest absolute Gasteiger partial charge is 0.480 e. The van der Waals surface area contributed by atoms with Gasteiger partial charge in [-0.05, 0) is 31.1 Å². The standard InChI is InChI=1S/C12H14O6/c1-3-18-5-8-7(11(14)15)4-6(2)10(13)9(8)12(16)17/h4,9H,3,5H2,1-2H3,(H,14,15)(H,16,17). The molecule has 0 heterocycles. The number of carbonyl (C=O) groups excluding carboxylic acids is 1. The smallest absolute Gasteiger partial charge is 0.335 e. The number of carboxylic acid groups (broad SMARTS) is 2. The molecule has 1 unspecified atom stereocenters. The van der Waals surface area contributed by atoms with Crippen LogP contribution in [0.15, 0.2) is 22.8 Å². The summed E-state index contributed by atoms with van der Waals surface area (Å²) < 4.78 is 5.05. The van der Waals surface area contributed by atoms with Crippen molar-refractivity contribution in [2.24, 2.45) is 5.92 Å². The number of Topliss-reactive ketones (excluding diaryl/α,β-unsaturated/α-hetero) is 1. The molecular weight excluding hydrogens is 240 g/mol. The molecule has 0 fully saturated rings. The maximum absolute atomic E-state index is 11.8. The second-order valence-corrected chi connectivity index (χ2v) is 3.84. The van der Waals surface area contributed by atoms with E-state index in [-0.39, 0.29) is 23.3 Å². The third kappa shape index (κ3) is 2.65. The fraction of sp³-hybridized carbons (Fsp3) is 0.417. The number of hydrogen-bond acceptors (Lipinski definition) is 4. The molecule has 1 aliphatic rings. The van der Waals surface area contributed by atoms with Crippen LogP contribution >= 0.6 is 0 Å². The highest BCUT2D eigenvalue weighted by Crippen LogP contribution is 2.27. The lowest BCUT2D eigenvalue weighted by Crippen LogP contribution is -2.33. The first kappa shape index (κ1) is 14.1. The summed E-state index contributed by atoms with van der Waals surface area (Å²) in [5, 5.41) is 18.1. The number of rotatable bonds is 5. The van der Waals surface area contributed by atoms with Gasteiger partial charge >= 0.3 is 11.9 Å². The normalized spacial score (nSPS) is 19.8. The number of carbonyl (C=O) groups is 3. The fourth-order valence-corrected chi connectivity index (χ4v) is 1.76. The van der Waals surface area contributed by atoms with Gasteiger partial charge in [0, 0.05) is 6.61 Å². The average molecular weight is 254 g/mol. The predicted molar refractivity (Wildman–Crippen MR) is 61.0 cm³/mol. The molecule has 98 valence electrons. The molecule has 0 radical (unpaired) electrons. The molecule has 0 aliphatic heterocycles. The summed E-state index contributed by atoms with van der Waals surface area (Å²) in [5.74, 6) is -4.68. The number of ether oxygens (including phenoxy) is 1. The lowest BCUT2D eigenvalue weighted by atomic mass is 9.82. The van der Waals surface area contributed by atoms with E-state index >= 15 is 0 Å². The summed E-state index contributed by atoms with van der Waals surface area (Å²) in [6.07, 6.45) is 1.19. The van der Waals surface area contributed by atoms with E-state index in [2.05, 4.69) is 0 Å². The Morgan fingerprint density at radius 3 is 2.44 bits per heavy atom. The first-order valence-electron chi connectivity index (χ1n) is 5.39. The molecule has 0 saturated carbocycles. The number of hydrogen-bond donors (Lipinski definition) is 2. The molecule has 2 N–H and O–H groups in total. The van der Waals surface area contributed by atoms with Crippen molar-refractivity contribution in [1.82, 2.24) is 0 Å². The summed E-state index contributed by atoms with van der Waals surface area (Å²) >= 11 is 0. The second kappa shape index (κ2) is 5.59. The van der Waals surface area contributed by atoms with Crippen molar-refractivity contribution in [3.63, 3.8) is 0 Å². The van der Waals surface area contributed by atoms with Crippen LogP contribution < -0.4 is 0 Å². The summed E-state index contributed by atoms with van der Waals surface area (Å²) in [6.45, 7) is 3.23. The Hall–Kier alpha value is -1.95. The van der Waals surface area contributed by atoms with Crippen LogP contribution in [0, 0.1) is 5.92 Å². The zero-order valence-electron chi connectivity index (χ0n) is 10.1. The third-order valence-electron chi connectivity index (χ3n) is 2.65. The zero-order chi connectivity index (χ0) is 13.9. The molecule has 1 atom stereocenters. The number of allylic oxidation sites excluding steroid dienone is 1. The van der Waals surface area contributed by atoms with E-state index in [9.17, 15) is 14.4 Å². The Balaban J connectivity index is 3.31. The van der Waals surface area contributed by atoms with Crippen LogP contribution in [0.2, 0.25) is 0 Å². The van der Waals surface area contributed by atoms with E-state index in [4.69, 9.17) is 14.9 Å². The van der Waals surface area contributed by atoms with Gasteiger partial charge in [0.2, 0.25) is 0 Å². The minimum absolute atomic E-state index is 0.00699. The molecule has 6 nitrogen and oxygen atoms in total. The predicted octanol–water partition coefficient (Wildman–Crippen LogP) is 0.634. The second-order valence-electron chi connectivity index (χ2n) is 3.84. The maximum Gasteiger partial charge on any atom is 0.335 e. The summed E-state index contributed by atoms with van der Waals surface area (Å²) in [4.78, 5) is 34.0. The van der Waals surface area contributed by atoms with Crippen LogP contribution in [-0.2, 0) is 19.1 Å². The van der Waals surface area contributed by atoms with Crippen LogP contribution in [-0.4, -0.2) is 41.1 Å². The number of carboxylic acids is 2. The van der Waals surface area contributed by atoms with Gasteiger partial charge in [-0.1, -0.05) is 0 Å². The van der Waals surface area contributed by atoms with E-state index in [1.165, 1.54) is 13.0 Å². The molecule has 1 aliphatic carbocycles. The van der Waals surface area contributed by atoms with Gasteiger partial charge in [-0.3, -0.25) is 9.59 Å². The van der Waals surface area contributed by atoms with Crippen LogP contribution in [0.5, 0.6) is 0 Å². The number of ketones is 1. The highest BCUT2D eigenvalue weighted by molar-refractivity contribution is 6.14. The average Bonchev–Trinajstić information content (AvgIpc) is 2.29. The fourth-order valence-electron chi connectivity index (χ4n) is 1.76. The molecule has 0 amide bonds. The first-order valence-corrected chi connectivity index (χ1v) is 5.39. The quantitative estimate of drug-likeness (QED) is 0.698. The van der Waals surface area contributed by atoms with E-state index < -0.39 is 23.6 Å². The molecule has 6 heteroatoms. The van der Waals surface area contributed by atoms with Crippen molar-refractivity contribution in [2.45, 2.75) is 13.8 Å². The van der Waals surface area contributed by atoms with Crippen molar-refractivity contribution in [3.8, 4) is 0 Å². The van der Waals surface area contributed by atoms with Crippen LogP contribution in [0.25, 0.3) is 0 Å². The Kier molecular flexibility index (Phi) is 4.38. The summed E-state index contributed by atoms with van der Waals surface area (Å²) in [5.41, 5.74) is -0.0551. The molecule has 0 aromatic heterocycles. The molecule has 0 aromatic rings. The van der Waals surface area contributed by atoms with Gasteiger partial charge in [-0.25, -0.2) is 4.79 Å². The number of aliphatic carboxylic acids is 2. The van der Waals surface area contributed by atoms with Gasteiger partial charge in [0.25, 0.3) is 0 Å². The van der Waals surface area contributed by atoms with Gasteiger partial charge in [0.15, 0.2) is 5.78 Å². The van der Waals surface area contributed by atoms with Gasteiger partial charge in [0.1, 0.15) is 5.92 Å². The van der Waals surface area contributed by atoms with Gasteiger partial charge in [0.05, 0.1) is 12.2 Å². The minimum atomic E-state index is -1.47. The van der Waals surface area contributed by atoms with Gasteiger partial charge < -0.3 is 14.9 Å². The lowest BCUT2D eigenvalue weighted by molar-refractivity contribution is -0.144. The van der Waals surface area contributed by atoms with E-state index in [0.717, 1.165) is 0 Å². The Morgan fingerprint density at radius 2 is 2.00 bits per heavy atom. The highest BCUT2D eigenvalue weighted by atomic mass is 16.5. The van der Waals surface area contributed by atoms with Gasteiger partial charge in [-0.15, -0.1) is 0 Å². The lowest BCUT2D eigenvalue weighted by Gasteiger charge is -2.21. The zero-order valence-corrected chi connectivity index (χ0v) is 10.1. The van der Waals surface area contributed by atoms with Crippen LogP contribution in [0.4, 0.5) is 0 Å². The SMILES string of the molecule is CCOCC1=C(C(=O)O)C=C(C)C(=O)C1C(=O)O. The summed E-state index contributed by atoms with van der Waals surface area (Å²) in [6, 6.07) is 0. The van der Waals surface area contributed by atoms with Crippen molar-refractivity contribution >= 4 is 17.7 Å².